The average Bonchev–Trinajstić information content (AvgIpc) is 2.77. The fraction of sp³-hybridized carbons (Fsp3) is 0.167. The van der Waals surface area contributed by atoms with Crippen molar-refractivity contribution in [3.8, 4) is 0 Å². The van der Waals surface area contributed by atoms with Gasteiger partial charge in [-0.05, 0) is 28.1 Å². The van der Waals surface area contributed by atoms with Gasteiger partial charge in [-0.2, -0.15) is 8.42 Å². The zero-order valence-electron chi connectivity index (χ0n) is 11.2. The Morgan fingerprint density at radius 3 is 2.81 bits per heavy atom. The molecule has 0 spiro atoms. The largest absolute Gasteiger partial charge is 0.281 e. The number of aryl methyl sites for hydroxylation is 1. The molecule has 112 valence electrons. The summed E-state index contributed by atoms with van der Waals surface area (Å²) >= 11 is 4.59. The van der Waals surface area contributed by atoms with E-state index in [1.54, 1.807) is 18.2 Å². The van der Waals surface area contributed by atoms with Gasteiger partial charge in [-0.25, -0.2) is 4.68 Å². The third-order valence-electron chi connectivity index (χ3n) is 2.48. The van der Waals surface area contributed by atoms with Crippen molar-refractivity contribution in [1.82, 2.24) is 15.0 Å². The van der Waals surface area contributed by atoms with E-state index in [4.69, 9.17) is 0 Å². The van der Waals surface area contributed by atoms with Gasteiger partial charge in [0, 0.05) is 17.7 Å². The number of thioether (sulfide) groups is 1. The van der Waals surface area contributed by atoms with E-state index >= 15 is 0 Å². The number of halogens is 1. The maximum atomic E-state index is 12.5. The summed E-state index contributed by atoms with van der Waals surface area (Å²) < 4.78 is 28.9. The number of para-hydroxylation sites is 1. The third kappa shape index (κ3) is 3.66. The molecule has 0 aliphatic heterocycles. The van der Waals surface area contributed by atoms with Crippen molar-refractivity contribution >= 4 is 43.4 Å². The summed E-state index contributed by atoms with van der Waals surface area (Å²) in [6.45, 7) is 3.66. The summed E-state index contributed by atoms with van der Waals surface area (Å²) in [4.78, 5) is 0.826. The van der Waals surface area contributed by atoms with Gasteiger partial charge < -0.3 is 0 Å². The highest BCUT2D eigenvalue weighted by Gasteiger charge is 2.24. The van der Waals surface area contributed by atoms with E-state index in [0.717, 1.165) is 4.90 Å². The molecule has 0 aliphatic rings. The Balaban J connectivity index is 2.35. The summed E-state index contributed by atoms with van der Waals surface area (Å²) in [6, 6.07) is 7.18. The molecule has 2 aromatic rings. The second kappa shape index (κ2) is 6.63. The highest BCUT2D eigenvalue weighted by atomic mass is 79.9. The van der Waals surface area contributed by atoms with Crippen molar-refractivity contribution < 1.29 is 8.42 Å². The first-order valence-electron chi connectivity index (χ1n) is 5.86. The van der Waals surface area contributed by atoms with Crippen molar-refractivity contribution in [2.75, 3.05) is 10.5 Å². The smallest absolute Gasteiger partial charge is 0.277 e. The van der Waals surface area contributed by atoms with Crippen molar-refractivity contribution in [3.63, 3.8) is 0 Å². The number of nitrogens with one attached hydrogen (secondary N) is 1. The van der Waals surface area contributed by atoms with Crippen LogP contribution in [0.2, 0.25) is 0 Å². The van der Waals surface area contributed by atoms with E-state index < -0.39 is 10.0 Å². The molecule has 0 aliphatic carbocycles. The van der Waals surface area contributed by atoms with E-state index in [-0.39, 0.29) is 9.63 Å². The van der Waals surface area contributed by atoms with Gasteiger partial charge in [0.15, 0.2) is 4.60 Å². The Kier molecular flexibility index (Phi) is 5.07. The van der Waals surface area contributed by atoms with Crippen molar-refractivity contribution in [1.29, 1.82) is 0 Å². The molecular formula is C12H13BrN4O2S2. The third-order valence-corrected chi connectivity index (χ3v) is 5.80. The van der Waals surface area contributed by atoms with Gasteiger partial charge in [0.2, 0.25) is 5.03 Å². The van der Waals surface area contributed by atoms with Crippen LogP contribution in [0.5, 0.6) is 0 Å². The SMILES string of the molecule is C=CCSc1ccccc1NS(=O)(=O)c1c(Br)nnn1C. The number of benzene rings is 1. The van der Waals surface area contributed by atoms with E-state index in [2.05, 4.69) is 37.5 Å². The van der Waals surface area contributed by atoms with Crippen LogP contribution in [0, 0.1) is 0 Å². The van der Waals surface area contributed by atoms with E-state index in [1.165, 1.54) is 23.5 Å². The molecule has 0 bridgehead atoms. The molecule has 1 N–H and O–H groups in total. The van der Waals surface area contributed by atoms with Crippen LogP contribution in [0.1, 0.15) is 0 Å². The molecule has 6 nitrogen and oxygen atoms in total. The van der Waals surface area contributed by atoms with Gasteiger partial charge >= 0.3 is 0 Å². The lowest BCUT2D eigenvalue weighted by molar-refractivity contribution is 0.578. The van der Waals surface area contributed by atoms with Gasteiger partial charge in [-0.1, -0.05) is 23.4 Å². The maximum absolute atomic E-state index is 12.5. The Morgan fingerprint density at radius 1 is 1.48 bits per heavy atom. The molecule has 0 radical (unpaired) electrons. The molecule has 0 unspecified atom stereocenters. The molecule has 0 atom stereocenters. The number of hydrogen-bond acceptors (Lipinski definition) is 5. The molecular weight excluding hydrogens is 376 g/mol. The summed E-state index contributed by atoms with van der Waals surface area (Å²) in [5.74, 6) is 0.690. The van der Waals surface area contributed by atoms with Crippen LogP contribution in [0.4, 0.5) is 5.69 Å². The molecule has 0 saturated carbocycles. The summed E-state index contributed by atoms with van der Waals surface area (Å²) in [5, 5.41) is 7.34. The normalized spacial score (nSPS) is 11.3. The first kappa shape index (κ1) is 16.1. The lowest BCUT2D eigenvalue weighted by Crippen LogP contribution is -2.17. The minimum atomic E-state index is -3.78. The number of nitrogens with zero attached hydrogens (tertiary/aromatic N) is 3. The van der Waals surface area contributed by atoms with Gasteiger partial charge in [0.25, 0.3) is 10.0 Å². The van der Waals surface area contributed by atoms with Crippen LogP contribution in [-0.2, 0) is 17.1 Å². The topological polar surface area (TPSA) is 76.9 Å². The number of sulfonamides is 1. The molecule has 21 heavy (non-hydrogen) atoms. The fourth-order valence-corrected chi connectivity index (χ4v) is 4.62. The molecule has 0 amide bonds. The Morgan fingerprint density at radius 2 is 2.19 bits per heavy atom. The Bertz CT molecular complexity index is 739. The lowest BCUT2D eigenvalue weighted by Gasteiger charge is -2.11. The lowest BCUT2D eigenvalue weighted by atomic mass is 10.3. The molecule has 2 rings (SSSR count). The van der Waals surface area contributed by atoms with Crippen LogP contribution in [0.15, 0.2) is 51.4 Å². The van der Waals surface area contributed by atoms with Crippen LogP contribution in [-0.4, -0.2) is 29.2 Å². The minimum Gasteiger partial charge on any atom is -0.277 e. The summed E-state index contributed by atoms with van der Waals surface area (Å²) in [5.41, 5.74) is 0.512. The predicted molar refractivity (Wildman–Crippen MR) is 86.9 cm³/mol. The monoisotopic (exact) mass is 388 g/mol. The highest BCUT2D eigenvalue weighted by molar-refractivity contribution is 9.10. The van der Waals surface area contributed by atoms with Crippen LogP contribution >= 0.6 is 27.7 Å². The van der Waals surface area contributed by atoms with Gasteiger partial charge in [-0.3, -0.25) is 4.72 Å². The molecule has 9 heteroatoms. The zero-order valence-corrected chi connectivity index (χ0v) is 14.4. The predicted octanol–water partition coefficient (Wildman–Crippen LogP) is 2.66. The average molecular weight is 389 g/mol. The molecule has 1 aromatic carbocycles. The maximum Gasteiger partial charge on any atom is 0.281 e. The number of hydrogen-bond donors (Lipinski definition) is 1. The number of rotatable bonds is 6. The van der Waals surface area contributed by atoms with Crippen LogP contribution < -0.4 is 4.72 Å². The first-order valence-corrected chi connectivity index (χ1v) is 9.12. The fourth-order valence-electron chi connectivity index (χ4n) is 1.63. The number of anilines is 1. The van der Waals surface area contributed by atoms with E-state index in [9.17, 15) is 8.42 Å². The van der Waals surface area contributed by atoms with Crippen LogP contribution in [0.3, 0.4) is 0 Å². The van der Waals surface area contributed by atoms with Crippen LogP contribution in [0.25, 0.3) is 0 Å². The number of aromatic nitrogens is 3. The minimum absolute atomic E-state index is 0.0222. The summed E-state index contributed by atoms with van der Waals surface area (Å²) in [6.07, 6.45) is 1.76. The molecule has 1 heterocycles. The Labute approximate surface area is 135 Å². The van der Waals surface area contributed by atoms with Gasteiger partial charge in [0.1, 0.15) is 0 Å². The Hall–Kier alpha value is -1.32. The highest BCUT2D eigenvalue weighted by Crippen LogP contribution is 2.29. The molecule has 0 fully saturated rings. The quantitative estimate of drug-likeness (QED) is 0.607. The second-order valence-corrected chi connectivity index (χ2v) is 7.42. The second-order valence-electron chi connectivity index (χ2n) is 4.01. The standard InChI is InChI=1S/C12H13BrN4O2S2/c1-3-8-20-10-7-5-4-6-9(10)15-21(18,19)12-11(13)14-16-17(12)2/h3-7,15H,1,8H2,2H3. The van der Waals surface area contributed by atoms with Gasteiger partial charge in [0.05, 0.1) is 5.69 Å². The van der Waals surface area contributed by atoms with Gasteiger partial charge in [-0.15, -0.1) is 23.4 Å². The zero-order chi connectivity index (χ0) is 15.5. The molecule has 1 aromatic heterocycles. The van der Waals surface area contributed by atoms with Crippen molar-refractivity contribution in [2.45, 2.75) is 9.92 Å². The van der Waals surface area contributed by atoms with Crippen molar-refractivity contribution in [3.05, 3.63) is 41.5 Å². The van der Waals surface area contributed by atoms with Crippen molar-refractivity contribution in [2.24, 2.45) is 7.05 Å². The molecule has 0 saturated heterocycles. The van der Waals surface area contributed by atoms with E-state index in [0.29, 0.717) is 11.4 Å². The first-order chi connectivity index (χ1) is 9.95. The van der Waals surface area contributed by atoms with E-state index in [1.807, 2.05) is 12.1 Å². The summed E-state index contributed by atoms with van der Waals surface area (Å²) in [7, 11) is -2.26.